The number of halogens is 1. The summed E-state index contributed by atoms with van der Waals surface area (Å²) in [6.07, 6.45) is 3.27. The van der Waals surface area contributed by atoms with Crippen LogP contribution in [-0.4, -0.2) is 23.1 Å². The maximum Gasteiger partial charge on any atom is 0.123 e. The van der Waals surface area contributed by atoms with Gasteiger partial charge in [-0.15, -0.1) is 0 Å². The number of aromatic nitrogens is 1. The summed E-state index contributed by atoms with van der Waals surface area (Å²) in [5.74, 6) is -0.164. The minimum Gasteiger partial charge on any atom is -0.344 e. The summed E-state index contributed by atoms with van der Waals surface area (Å²) in [6, 6.07) is 13.7. The van der Waals surface area contributed by atoms with Crippen molar-refractivity contribution in [3.63, 3.8) is 0 Å². The first-order valence-corrected chi connectivity index (χ1v) is 9.15. The highest BCUT2D eigenvalue weighted by molar-refractivity contribution is 5.86. The van der Waals surface area contributed by atoms with E-state index in [0.29, 0.717) is 0 Å². The Hall–Kier alpha value is -2.13. The van der Waals surface area contributed by atoms with Crippen LogP contribution in [0.1, 0.15) is 28.8 Å². The summed E-state index contributed by atoms with van der Waals surface area (Å²) in [6.45, 7) is 5.30. The average molecular weight is 336 g/mol. The van der Waals surface area contributed by atoms with Gasteiger partial charge in [0.2, 0.25) is 0 Å². The fraction of sp³-hybridized carbons (Fsp3) is 0.364. The van der Waals surface area contributed by atoms with Crippen molar-refractivity contribution in [1.29, 1.82) is 0 Å². The summed E-state index contributed by atoms with van der Waals surface area (Å²) < 4.78 is 15.6. The van der Waals surface area contributed by atoms with Gasteiger partial charge in [0.1, 0.15) is 5.82 Å². The van der Waals surface area contributed by atoms with Crippen LogP contribution in [0.25, 0.3) is 10.9 Å². The Morgan fingerprint density at radius 2 is 1.88 bits per heavy atom. The minimum atomic E-state index is -0.164. The summed E-state index contributed by atoms with van der Waals surface area (Å²) in [4.78, 5) is 2.43. The largest absolute Gasteiger partial charge is 0.344 e. The molecule has 0 radical (unpaired) electrons. The molecule has 2 heterocycles. The molecule has 25 heavy (non-hydrogen) atoms. The standard InChI is InChI=1S/C22H25FN2/c1-16-5-10-22-19(14-16)20-15-24(2)12-3-4-21(20)25(22)13-11-17-6-8-18(23)9-7-17/h5-10,14H,3-4,11-13,15H2,1-2H3. The highest BCUT2D eigenvalue weighted by Gasteiger charge is 2.20. The Balaban J connectivity index is 1.74. The van der Waals surface area contributed by atoms with E-state index in [2.05, 4.69) is 41.6 Å². The molecule has 4 rings (SSSR count). The third-order valence-electron chi connectivity index (χ3n) is 5.36. The van der Waals surface area contributed by atoms with E-state index in [1.165, 1.54) is 39.7 Å². The second-order valence-corrected chi connectivity index (χ2v) is 7.32. The molecular formula is C22H25FN2. The van der Waals surface area contributed by atoms with Gasteiger partial charge in [-0.25, -0.2) is 4.39 Å². The molecule has 1 aromatic heterocycles. The van der Waals surface area contributed by atoms with E-state index in [1.807, 2.05) is 12.1 Å². The van der Waals surface area contributed by atoms with Gasteiger partial charge in [-0.3, -0.25) is 0 Å². The second kappa shape index (κ2) is 6.64. The van der Waals surface area contributed by atoms with Crippen molar-refractivity contribution in [1.82, 2.24) is 9.47 Å². The number of benzene rings is 2. The number of rotatable bonds is 3. The Labute approximate surface area is 148 Å². The molecule has 2 nitrogen and oxygen atoms in total. The average Bonchev–Trinajstić information content (AvgIpc) is 2.74. The number of nitrogens with zero attached hydrogens (tertiary/aromatic N) is 2. The van der Waals surface area contributed by atoms with Gasteiger partial charge < -0.3 is 9.47 Å². The van der Waals surface area contributed by atoms with Crippen LogP contribution in [0.3, 0.4) is 0 Å². The van der Waals surface area contributed by atoms with Crippen molar-refractivity contribution in [3.8, 4) is 0 Å². The SMILES string of the molecule is Cc1ccc2c(c1)c1c(n2CCc2ccc(F)cc2)CCCN(C)C1. The summed E-state index contributed by atoms with van der Waals surface area (Å²) in [5.41, 5.74) is 6.84. The lowest BCUT2D eigenvalue weighted by Crippen LogP contribution is -2.17. The van der Waals surface area contributed by atoms with Crippen LogP contribution in [-0.2, 0) is 25.9 Å². The zero-order valence-corrected chi connectivity index (χ0v) is 15.1. The lowest BCUT2D eigenvalue weighted by atomic mass is 10.1. The van der Waals surface area contributed by atoms with Gasteiger partial charge in [-0.2, -0.15) is 0 Å². The highest BCUT2D eigenvalue weighted by Crippen LogP contribution is 2.31. The molecule has 3 heteroatoms. The van der Waals surface area contributed by atoms with E-state index in [4.69, 9.17) is 0 Å². The molecule has 0 amide bonds. The monoisotopic (exact) mass is 336 g/mol. The van der Waals surface area contributed by atoms with Crippen molar-refractivity contribution < 1.29 is 4.39 Å². The second-order valence-electron chi connectivity index (χ2n) is 7.32. The van der Waals surface area contributed by atoms with Crippen molar-refractivity contribution >= 4 is 10.9 Å². The van der Waals surface area contributed by atoms with E-state index in [-0.39, 0.29) is 5.82 Å². The van der Waals surface area contributed by atoms with Gasteiger partial charge >= 0.3 is 0 Å². The highest BCUT2D eigenvalue weighted by atomic mass is 19.1. The third kappa shape index (κ3) is 3.21. The van der Waals surface area contributed by atoms with Crippen LogP contribution in [0.2, 0.25) is 0 Å². The number of hydrogen-bond donors (Lipinski definition) is 0. The van der Waals surface area contributed by atoms with E-state index < -0.39 is 0 Å². The molecule has 0 saturated carbocycles. The van der Waals surface area contributed by atoms with Crippen molar-refractivity contribution in [2.45, 2.75) is 39.3 Å². The molecule has 130 valence electrons. The maximum atomic E-state index is 13.1. The first-order chi connectivity index (χ1) is 12.1. The third-order valence-corrected chi connectivity index (χ3v) is 5.36. The molecule has 0 bridgehead atoms. The summed E-state index contributed by atoms with van der Waals surface area (Å²) in [5, 5.41) is 1.41. The molecular weight excluding hydrogens is 311 g/mol. The Morgan fingerprint density at radius 3 is 2.68 bits per heavy atom. The molecule has 0 saturated heterocycles. The number of hydrogen-bond acceptors (Lipinski definition) is 1. The first-order valence-electron chi connectivity index (χ1n) is 9.15. The summed E-state index contributed by atoms with van der Waals surface area (Å²) in [7, 11) is 2.21. The molecule has 0 atom stereocenters. The van der Waals surface area contributed by atoms with Gasteiger partial charge in [0.25, 0.3) is 0 Å². The molecule has 0 spiro atoms. The normalized spacial score (nSPS) is 15.3. The van der Waals surface area contributed by atoms with E-state index in [0.717, 1.165) is 32.5 Å². The lowest BCUT2D eigenvalue weighted by Gasteiger charge is -2.12. The minimum absolute atomic E-state index is 0.164. The molecule has 0 aliphatic carbocycles. The van der Waals surface area contributed by atoms with Crippen LogP contribution < -0.4 is 0 Å². The van der Waals surface area contributed by atoms with Gasteiger partial charge in [-0.1, -0.05) is 23.8 Å². The maximum absolute atomic E-state index is 13.1. The van der Waals surface area contributed by atoms with Crippen LogP contribution in [0.15, 0.2) is 42.5 Å². The van der Waals surface area contributed by atoms with Gasteiger partial charge in [0, 0.05) is 29.7 Å². The Bertz CT molecular complexity index is 893. The van der Waals surface area contributed by atoms with Gasteiger partial charge in [-0.05, 0) is 75.2 Å². The summed E-state index contributed by atoms with van der Waals surface area (Å²) >= 11 is 0. The molecule has 0 N–H and O–H groups in total. The van der Waals surface area contributed by atoms with Crippen LogP contribution >= 0.6 is 0 Å². The number of fused-ring (bicyclic) bond motifs is 3. The van der Waals surface area contributed by atoms with Crippen LogP contribution in [0.5, 0.6) is 0 Å². The van der Waals surface area contributed by atoms with E-state index in [1.54, 1.807) is 12.1 Å². The molecule has 1 aliphatic heterocycles. The van der Waals surface area contributed by atoms with Crippen molar-refractivity contribution in [2.24, 2.45) is 0 Å². The van der Waals surface area contributed by atoms with Crippen molar-refractivity contribution in [3.05, 3.63) is 70.7 Å². The quantitative estimate of drug-likeness (QED) is 0.672. The van der Waals surface area contributed by atoms with Crippen LogP contribution in [0.4, 0.5) is 4.39 Å². The molecule has 0 unspecified atom stereocenters. The van der Waals surface area contributed by atoms with Gasteiger partial charge in [0.15, 0.2) is 0 Å². The van der Waals surface area contributed by atoms with E-state index in [9.17, 15) is 4.39 Å². The molecule has 1 aliphatic rings. The molecule has 2 aromatic carbocycles. The predicted octanol–water partition coefficient (Wildman–Crippen LogP) is 4.71. The fourth-order valence-corrected chi connectivity index (χ4v) is 4.07. The fourth-order valence-electron chi connectivity index (χ4n) is 4.07. The molecule has 0 fully saturated rings. The van der Waals surface area contributed by atoms with Crippen LogP contribution in [0, 0.1) is 12.7 Å². The Kier molecular flexibility index (Phi) is 4.34. The van der Waals surface area contributed by atoms with Crippen molar-refractivity contribution in [2.75, 3.05) is 13.6 Å². The predicted molar refractivity (Wildman–Crippen MR) is 101 cm³/mol. The zero-order valence-electron chi connectivity index (χ0n) is 15.1. The topological polar surface area (TPSA) is 8.17 Å². The van der Waals surface area contributed by atoms with Gasteiger partial charge in [0.05, 0.1) is 0 Å². The van der Waals surface area contributed by atoms with E-state index >= 15 is 0 Å². The Morgan fingerprint density at radius 1 is 1.08 bits per heavy atom. The molecule has 3 aromatic rings. The zero-order chi connectivity index (χ0) is 17.4. The smallest absolute Gasteiger partial charge is 0.123 e. The number of aryl methyl sites for hydroxylation is 3. The lowest BCUT2D eigenvalue weighted by molar-refractivity contribution is 0.333. The first kappa shape index (κ1) is 16.3.